The molecule has 3 heteroatoms. The molecule has 0 fully saturated rings. The van der Waals surface area contributed by atoms with Crippen LogP contribution in [0.3, 0.4) is 0 Å². The van der Waals surface area contributed by atoms with Gasteiger partial charge in [-0.1, -0.05) is 56.1 Å². The van der Waals surface area contributed by atoms with Gasteiger partial charge in [0.25, 0.3) is 0 Å². The van der Waals surface area contributed by atoms with Gasteiger partial charge in [-0.05, 0) is 54.2 Å². The Bertz CT molecular complexity index is 523. The number of aromatic hydroxyl groups is 1. The van der Waals surface area contributed by atoms with Gasteiger partial charge in [-0.25, -0.2) is 0 Å². The predicted octanol–water partition coefficient (Wildman–Crippen LogP) is 4.95. The van der Waals surface area contributed by atoms with Crippen molar-refractivity contribution < 1.29 is 5.11 Å². The minimum Gasteiger partial charge on any atom is -0.508 e. The van der Waals surface area contributed by atoms with Gasteiger partial charge in [-0.2, -0.15) is 0 Å². The second-order valence-corrected chi connectivity index (χ2v) is 6.29. The normalized spacial score (nSPS) is 12.3. The van der Waals surface area contributed by atoms with Crippen LogP contribution in [0.2, 0.25) is 0 Å². The largest absolute Gasteiger partial charge is 0.508 e. The molecule has 0 aliphatic heterocycles. The van der Waals surface area contributed by atoms with Crippen LogP contribution in [-0.2, 0) is 12.8 Å². The molecule has 0 amide bonds. The molecule has 0 aromatic heterocycles. The fraction of sp³-hybridized carbons (Fsp3) is 0.250. The lowest BCUT2D eigenvalue weighted by molar-refractivity contribution is 0.473. The van der Waals surface area contributed by atoms with Crippen LogP contribution < -0.4 is 0 Å². The molecule has 1 nitrogen and oxygen atoms in total. The van der Waals surface area contributed by atoms with E-state index >= 15 is 0 Å². The van der Waals surface area contributed by atoms with Crippen LogP contribution in [0.15, 0.2) is 53.0 Å². The second kappa shape index (κ2) is 7.11. The SMILES string of the molecule is Oc1cccc(CC(CBr)Cc2ccc(Br)cc2)c1. The third kappa shape index (κ3) is 4.66. The van der Waals surface area contributed by atoms with Crippen molar-refractivity contribution in [2.24, 2.45) is 5.92 Å². The van der Waals surface area contributed by atoms with Gasteiger partial charge in [-0.3, -0.25) is 0 Å². The van der Waals surface area contributed by atoms with Gasteiger partial charge >= 0.3 is 0 Å². The van der Waals surface area contributed by atoms with Crippen LogP contribution in [0, 0.1) is 5.92 Å². The number of phenols is 1. The summed E-state index contributed by atoms with van der Waals surface area (Å²) in [6.45, 7) is 0. The highest BCUT2D eigenvalue weighted by molar-refractivity contribution is 9.10. The maximum absolute atomic E-state index is 9.50. The van der Waals surface area contributed by atoms with E-state index in [9.17, 15) is 5.11 Å². The number of hydrogen-bond donors (Lipinski definition) is 1. The van der Waals surface area contributed by atoms with E-state index in [4.69, 9.17) is 0 Å². The Morgan fingerprint density at radius 3 is 2.26 bits per heavy atom. The van der Waals surface area contributed by atoms with Crippen LogP contribution in [0.5, 0.6) is 5.75 Å². The third-order valence-corrected chi connectivity index (χ3v) is 4.54. The highest BCUT2D eigenvalue weighted by atomic mass is 79.9. The molecule has 100 valence electrons. The summed E-state index contributed by atoms with van der Waals surface area (Å²) in [6.07, 6.45) is 2.00. The zero-order valence-corrected chi connectivity index (χ0v) is 13.7. The molecular formula is C16H16Br2O. The maximum atomic E-state index is 9.50. The molecule has 0 aliphatic carbocycles. The van der Waals surface area contributed by atoms with Crippen molar-refractivity contribution >= 4 is 31.9 Å². The van der Waals surface area contributed by atoms with Crippen LogP contribution in [0.4, 0.5) is 0 Å². The van der Waals surface area contributed by atoms with Crippen molar-refractivity contribution in [2.75, 3.05) is 5.33 Å². The summed E-state index contributed by atoms with van der Waals surface area (Å²) in [5.74, 6) is 0.873. The summed E-state index contributed by atoms with van der Waals surface area (Å²) in [7, 11) is 0. The molecule has 0 saturated heterocycles. The topological polar surface area (TPSA) is 20.2 Å². The monoisotopic (exact) mass is 382 g/mol. The highest BCUT2D eigenvalue weighted by Crippen LogP contribution is 2.20. The van der Waals surface area contributed by atoms with Crippen LogP contribution in [-0.4, -0.2) is 10.4 Å². The molecule has 0 radical (unpaired) electrons. The summed E-state index contributed by atoms with van der Waals surface area (Å²) in [4.78, 5) is 0. The van der Waals surface area contributed by atoms with E-state index in [0.717, 1.165) is 22.6 Å². The lowest BCUT2D eigenvalue weighted by Crippen LogP contribution is -2.09. The average Bonchev–Trinajstić information content (AvgIpc) is 2.40. The van der Waals surface area contributed by atoms with E-state index in [1.165, 1.54) is 11.1 Å². The van der Waals surface area contributed by atoms with E-state index < -0.39 is 0 Å². The van der Waals surface area contributed by atoms with E-state index in [-0.39, 0.29) is 0 Å². The first-order chi connectivity index (χ1) is 9.17. The van der Waals surface area contributed by atoms with Gasteiger partial charge in [0.05, 0.1) is 0 Å². The summed E-state index contributed by atoms with van der Waals surface area (Å²) >= 11 is 7.05. The summed E-state index contributed by atoms with van der Waals surface area (Å²) in [6, 6.07) is 16.0. The molecule has 2 aromatic carbocycles. The lowest BCUT2D eigenvalue weighted by Gasteiger charge is -2.14. The van der Waals surface area contributed by atoms with Gasteiger partial charge in [0.15, 0.2) is 0 Å². The molecule has 0 bridgehead atoms. The Labute approximate surface area is 130 Å². The molecule has 0 saturated carbocycles. The summed E-state index contributed by atoms with van der Waals surface area (Å²) < 4.78 is 1.11. The van der Waals surface area contributed by atoms with Crippen molar-refractivity contribution in [1.82, 2.24) is 0 Å². The minimum absolute atomic E-state index is 0.342. The number of halogens is 2. The molecule has 0 aliphatic rings. The molecule has 0 heterocycles. The zero-order chi connectivity index (χ0) is 13.7. The van der Waals surface area contributed by atoms with Crippen molar-refractivity contribution in [3.63, 3.8) is 0 Å². The summed E-state index contributed by atoms with van der Waals surface area (Å²) in [5.41, 5.74) is 2.52. The molecular weight excluding hydrogens is 368 g/mol. The molecule has 1 unspecified atom stereocenters. The van der Waals surface area contributed by atoms with E-state index in [0.29, 0.717) is 11.7 Å². The van der Waals surface area contributed by atoms with Gasteiger partial charge < -0.3 is 5.11 Å². The highest BCUT2D eigenvalue weighted by Gasteiger charge is 2.10. The maximum Gasteiger partial charge on any atom is 0.115 e. The molecule has 2 rings (SSSR count). The Morgan fingerprint density at radius 2 is 1.63 bits per heavy atom. The predicted molar refractivity (Wildman–Crippen MR) is 86.9 cm³/mol. The number of alkyl halides is 1. The van der Waals surface area contributed by atoms with E-state index in [1.807, 2.05) is 12.1 Å². The molecule has 19 heavy (non-hydrogen) atoms. The third-order valence-electron chi connectivity index (χ3n) is 3.09. The average molecular weight is 384 g/mol. The van der Waals surface area contributed by atoms with Crippen LogP contribution >= 0.6 is 31.9 Å². The second-order valence-electron chi connectivity index (χ2n) is 4.72. The van der Waals surface area contributed by atoms with Crippen molar-refractivity contribution in [1.29, 1.82) is 0 Å². The number of benzene rings is 2. The fourth-order valence-corrected chi connectivity index (χ4v) is 2.87. The zero-order valence-electron chi connectivity index (χ0n) is 10.5. The Kier molecular flexibility index (Phi) is 5.46. The fourth-order valence-electron chi connectivity index (χ4n) is 2.15. The molecule has 1 atom stereocenters. The quantitative estimate of drug-likeness (QED) is 0.724. The van der Waals surface area contributed by atoms with Gasteiger partial charge in [0, 0.05) is 9.80 Å². The molecule has 1 N–H and O–H groups in total. The lowest BCUT2D eigenvalue weighted by atomic mass is 9.94. The minimum atomic E-state index is 0.342. The van der Waals surface area contributed by atoms with Gasteiger partial charge in [0.1, 0.15) is 5.75 Å². The Balaban J connectivity index is 2.02. The van der Waals surface area contributed by atoms with E-state index in [2.05, 4.69) is 62.2 Å². The molecule has 0 spiro atoms. The first kappa shape index (κ1) is 14.6. The Morgan fingerprint density at radius 1 is 0.947 bits per heavy atom. The smallest absolute Gasteiger partial charge is 0.115 e. The Hall–Kier alpha value is -0.800. The summed E-state index contributed by atoms with van der Waals surface area (Å²) in [5, 5.41) is 10.5. The van der Waals surface area contributed by atoms with Gasteiger partial charge in [0.2, 0.25) is 0 Å². The van der Waals surface area contributed by atoms with Crippen LogP contribution in [0.1, 0.15) is 11.1 Å². The van der Waals surface area contributed by atoms with Gasteiger partial charge in [-0.15, -0.1) is 0 Å². The van der Waals surface area contributed by atoms with Crippen molar-refractivity contribution in [2.45, 2.75) is 12.8 Å². The van der Waals surface area contributed by atoms with Crippen LogP contribution in [0.25, 0.3) is 0 Å². The van der Waals surface area contributed by atoms with E-state index in [1.54, 1.807) is 6.07 Å². The number of hydrogen-bond acceptors (Lipinski definition) is 1. The first-order valence-corrected chi connectivity index (χ1v) is 8.17. The standard InChI is InChI=1S/C16H16Br2O/c17-11-14(8-12-4-6-15(18)7-5-12)9-13-2-1-3-16(19)10-13/h1-7,10,14,19H,8-9,11H2. The van der Waals surface area contributed by atoms with Crippen molar-refractivity contribution in [3.05, 3.63) is 64.1 Å². The number of rotatable bonds is 5. The number of phenolic OH excluding ortho intramolecular Hbond substituents is 1. The van der Waals surface area contributed by atoms with Crippen molar-refractivity contribution in [3.8, 4) is 5.75 Å². The first-order valence-electron chi connectivity index (χ1n) is 6.25. The molecule has 2 aromatic rings.